The summed E-state index contributed by atoms with van der Waals surface area (Å²) in [7, 11) is 1.94. The third-order valence-corrected chi connectivity index (χ3v) is 5.21. The molecule has 1 aromatic rings. The monoisotopic (exact) mass is 360 g/mol. The van der Waals surface area contributed by atoms with Crippen molar-refractivity contribution in [3.63, 3.8) is 0 Å². The van der Waals surface area contributed by atoms with Gasteiger partial charge in [-0.05, 0) is 75.6 Å². The molecule has 1 fully saturated rings. The van der Waals surface area contributed by atoms with Gasteiger partial charge in [-0.3, -0.25) is 4.79 Å². The van der Waals surface area contributed by atoms with E-state index in [1.165, 1.54) is 12.1 Å². The number of rotatable bonds is 5. The Kier molecular flexibility index (Phi) is 6.96. The zero-order valence-electron chi connectivity index (χ0n) is 17.3. The second-order valence-electron chi connectivity index (χ2n) is 8.91. The molecule has 1 N–H and O–H groups in total. The Morgan fingerprint density at radius 3 is 2.42 bits per heavy atom. The number of benzene rings is 1. The summed E-state index contributed by atoms with van der Waals surface area (Å²) in [5, 5.41) is 3.18. The van der Waals surface area contributed by atoms with Crippen LogP contribution in [0, 0.1) is 17.8 Å². The number of nitrogens with one attached hydrogen (secondary N) is 1. The largest absolute Gasteiger partial charge is 0.460 e. The van der Waals surface area contributed by atoms with Crippen molar-refractivity contribution in [1.29, 1.82) is 0 Å². The summed E-state index contributed by atoms with van der Waals surface area (Å²) < 4.78 is 5.48. The van der Waals surface area contributed by atoms with Crippen LogP contribution in [0.5, 0.6) is 0 Å². The summed E-state index contributed by atoms with van der Waals surface area (Å²) in [6, 6.07) is 8.67. The summed E-state index contributed by atoms with van der Waals surface area (Å²) in [5.41, 5.74) is 2.03. The van der Waals surface area contributed by atoms with Crippen LogP contribution in [0.15, 0.2) is 24.3 Å². The summed E-state index contributed by atoms with van der Waals surface area (Å²) in [5.74, 6) is 1.68. The average molecular weight is 361 g/mol. The second-order valence-corrected chi connectivity index (χ2v) is 8.91. The molecule has 0 radical (unpaired) electrons. The van der Waals surface area contributed by atoms with Crippen LogP contribution in [0.2, 0.25) is 0 Å². The van der Waals surface area contributed by atoms with E-state index in [0.29, 0.717) is 24.2 Å². The first-order valence-electron chi connectivity index (χ1n) is 9.92. The van der Waals surface area contributed by atoms with Crippen LogP contribution >= 0.6 is 0 Å². The quantitative estimate of drug-likeness (QED) is 0.755. The van der Waals surface area contributed by atoms with Crippen molar-refractivity contribution in [1.82, 2.24) is 0 Å². The van der Waals surface area contributed by atoms with Crippen molar-refractivity contribution in [3.8, 4) is 0 Å². The molecule has 3 atom stereocenters. The van der Waals surface area contributed by atoms with Crippen molar-refractivity contribution in [3.05, 3.63) is 24.3 Å². The predicted octanol–water partition coefficient (Wildman–Crippen LogP) is 4.95. The van der Waals surface area contributed by atoms with Gasteiger partial charge in [-0.1, -0.05) is 13.8 Å². The fourth-order valence-electron chi connectivity index (χ4n) is 3.92. The Bertz CT molecular complexity index is 577. The van der Waals surface area contributed by atoms with Gasteiger partial charge < -0.3 is 15.0 Å². The molecule has 2 rings (SSSR count). The molecule has 146 valence electrons. The Morgan fingerprint density at radius 1 is 1.19 bits per heavy atom. The number of hydrogen-bond donors (Lipinski definition) is 1. The Morgan fingerprint density at radius 2 is 1.85 bits per heavy atom. The molecule has 1 aromatic carbocycles. The van der Waals surface area contributed by atoms with Crippen molar-refractivity contribution >= 4 is 17.3 Å². The number of hydrogen-bond acceptors (Lipinski definition) is 4. The second kappa shape index (κ2) is 8.79. The highest BCUT2D eigenvalue weighted by molar-refractivity contribution is 5.69. The number of carbonyl (C=O) groups is 1. The maximum absolute atomic E-state index is 12.1. The van der Waals surface area contributed by atoms with Crippen LogP contribution in [0.1, 0.15) is 53.9 Å². The van der Waals surface area contributed by atoms with Crippen molar-refractivity contribution in [2.45, 2.75) is 59.5 Å². The zero-order chi connectivity index (χ0) is 19.3. The third kappa shape index (κ3) is 6.22. The van der Waals surface area contributed by atoms with E-state index in [-0.39, 0.29) is 5.97 Å². The molecule has 0 saturated carbocycles. The van der Waals surface area contributed by atoms with Crippen LogP contribution in [0.25, 0.3) is 0 Å². The van der Waals surface area contributed by atoms with Gasteiger partial charge in [0.15, 0.2) is 0 Å². The molecular weight excluding hydrogens is 324 g/mol. The standard InChI is InChI=1S/C22H36N2O2/c1-16-13-18(7-12-21(25)26-22(3,4)5)17(2)15-24(14-16)20-10-8-19(23-6)9-11-20/h8-11,16-18,23H,7,12-15H2,1-6H3/t16-,17-,18?/m1/s1. The summed E-state index contributed by atoms with van der Waals surface area (Å²) in [4.78, 5) is 14.6. The number of anilines is 2. The molecule has 26 heavy (non-hydrogen) atoms. The molecule has 1 saturated heterocycles. The molecule has 1 unspecified atom stereocenters. The van der Waals surface area contributed by atoms with Crippen LogP contribution in [-0.4, -0.2) is 31.7 Å². The molecule has 4 nitrogen and oxygen atoms in total. The highest BCUT2D eigenvalue weighted by atomic mass is 16.6. The molecule has 0 bridgehead atoms. The Balaban J connectivity index is 1.97. The molecular formula is C22H36N2O2. The van der Waals surface area contributed by atoms with Gasteiger partial charge in [0.2, 0.25) is 0 Å². The highest BCUT2D eigenvalue weighted by Crippen LogP contribution is 2.33. The SMILES string of the molecule is CNc1ccc(N2C[C@H](C)CC(CCC(=O)OC(C)(C)C)[C@H](C)C2)cc1. The lowest BCUT2D eigenvalue weighted by Gasteiger charge is -2.28. The van der Waals surface area contributed by atoms with E-state index in [1.54, 1.807) is 0 Å². The first-order valence-corrected chi connectivity index (χ1v) is 9.92. The van der Waals surface area contributed by atoms with Gasteiger partial charge in [0, 0.05) is 37.9 Å². The maximum Gasteiger partial charge on any atom is 0.306 e. The molecule has 0 aromatic heterocycles. The summed E-state index contributed by atoms with van der Waals surface area (Å²) in [6.07, 6.45) is 2.62. The fraction of sp³-hybridized carbons (Fsp3) is 0.682. The van der Waals surface area contributed by atoms with Crippen molar-refractivity contribution in [2.24, 2.45) is 17.8 Å². The number of ether oxygens (including phenoxy) is 1. The number of nitrogens with zero attached hydrogens (tertiary/aromatic N) is 1. The van der Waals surface area contributed by atoms with Crippen LogP contribution in [0.3, 0.4) is 0 Å². The minimum Gasteiger partial charge on any atom is -0.460 e. The van der Waals surface area contributed by atoms with Crippen molar-refractivity contribution in [2.75, 3.05) is 30.4 Å². The van der Waals surface area contributed by atoms with Gasteiger partial charge in [0.25, 0.3) is 0 Å². The predicted molar refractivity (Wildman–Crippen MR) is 110 cm³/mol. The van der Waals surface area contributed by atoms with E-state index in [9.17, 15) is 4.79 Å². The van der Waals surface area contributed by atoms with Gasteiger partial charge in [-0.2, -0.15) is 0 Å². The summed E-state index contributed by atoms with van der Waals surface area (Å²) in [6.45, 7) is 12.6. The van der Waals surface area contributed by atoms with E-state index >= 15 is 0 Å². The minimum atomic E-state index is -0.393. The number of carbonyl (C=O) groups excluding carboxylic acids is 1. The third-order valence-electron chi connectivity index (χ3n) is 5.21. The number of esters is 1. The summed E-state index contributed by atoms with van der Waals surface area (Å²) >= 11 is 0. The van der Waals surface area contributed by atoms with Gasteiger partial charge >= 0.3 is 5.97 Å². The topological polar surface area (TPSA) is 41.6 Å². The van der Waals surface area contributed by atoms with E-state index in [0.717, 1.165) is 25.2 Å². The van der Waals surface area contributed by atoms with E-state index in [4.69, 9.17) is 4.74 Å². The van der Waals surface area contributed by atoms with Crippen LogP contribution in [-0.2, 0) is 9.53 Å². The van der Waals surface area contributed by atoms with E-state index in [1.807, 2.05) is 27.8 Å². The molecule has 1 aliphatic heterocycles. The lowest BCUT2D eigenvalue weighted by molar-refractivity contribution is -0.155. The minimum absolute atomic E-state index is 0.0684. The van der Waals surface area contributed by atoms with Crippen LogP contribution in [0.4, 0.5) is 11.4 Å². The lowest BCUT2D eigenvalue weighted by Crippen LogP contribution is -2.30. The maximum atomic E-state index is 12.1. The smallest absolute Gasteiger partial charge is 0.306 e. The Hall–Kier alpha value is -1.71. The van der Waals surface area contributed by atoms with Gasteiger partial charge in [0.05, 0.1) is 0 Å². The highest BCUT2D eigenvalue weighted by Gasteiger charge is 2.28. The van der Waals surface area contributed by atoms with Crippen molar-refractivity contribution < 1.29 is 9.53 Å². The van der Waals surface area contributed by atoms with E-state index < -0.39 is 5.60 Å². The lowest BCUT2D eigenvalue weighted by atomic mass is 9.84. The first kappa shape index (κ1) is 20.6. The van der Waals surface area contributed by atoms with Gasteiger partial charge in [0.1, 0.15) is 5.60 Å². The molecule has 0 spiro atoms. The van der Waals surface area contributed by atoms with Crippen LogP contribution < -0.4 is 10.2 Å². The van der Waals surface area contributed by atoms with E-state index in [2.05, 4.69) is 48.3 Å². The molecule has 1 aliphatic rings. The van der Waals surface area contributed by atoms with Gasteiger partial charge in [-0.25, -0.2) is 0 Å². The fourth-order valence-corrected chi connectivity index (χ4v) is 3.92. The first-order chi connectivity index (χ1) is 12.2. The molecule has 0 amide bonds. The average Bonchev–Trinajstić information content (AvgIpc) is 2.70. The Labute approximate surface area is 159 Å². The normalized spacial score (nSPS) is 24.1. The molecule has 1 heterocycles. The van der Waals surface area contributed by atoms with Gasteiger partial charge in [-0.15, -0.1) is 0 Å². The zero-order valence-corrected chi connectivity index (χ0v) is 17.3. The molecule has 0 aliphatic carbocycles. The molecule has 4 heteroatoms.